The molecule has 1 unspecified atom stereocenters. The molecule has 0 bridgehead atoms. The number of nitrogens with zero attached hydrogens (tertiary/aromatic N) is 1. The summed E-state index contributed by atoms with van der Waals surface area (Å²) in [4.78, 5) is 24.5. The quantitative estimate of drug-likeness (QED) is 0.746. The van der Waals surface area contributed by atoms with Gasteiger partial charge >= 0.3 is 12.0 Å². The predicted octanol–water partition coefficient (Wildman–Crippen LogP) is 1.06. The van der Waals surface area contributed by atoms with E-state index in [0.29, 0.717) is 12.6 Å². The molecular formula is C12H22N2O4. The van der Waals surface area contributed by atoms with Gasteiger partial charge in [-0.25, -0.2) is 9.59 Å². The molecule has 0 aromatic heterocycles. The van der Waals surface area contributed by atoms with E-state index in [1.54, 1.807) is 4.90 Å². The van der Waals surface area contributed by atoms with E-state index in [9.17, 15) is 9.59 Å². The summed E-state index contributed by atoms with van der Waals surface area (Å²) in [6, 6.07) is 0.0912. The first-order valence-electron chi connectivity index (χ1n) is 6.40. The molecular weight excluding hydrogens is 236 g/mol. The summed E-state index contributed by atoms with van der Waals surface area (Å²) in [5.74, 6) is -1.07. The first-order valence-corrected chi connectivity index (χ1v) is 6.40. The Morgan fingerprint density at radius 3 is 2.50 bits per heavy atom. The summed E-state index contributed by atoms with van der Waals surface area (Å²) in [5.41, 5.74) is 0. The third kappa shape index (κ3) is 3.87. The van der Waals surface area contributed by atoms with Crippen molar-refractivity contribution in [2.75, 3.05) is 20.2 Å². The molecule has 1 saturated carbocycles. The lowest BCUT2D eigenvalue weighted by atomic mass is 10.2. The van der Waals surface area contributed by atoms with Gasteiger partial charge in [0.05, 0.1) is 6.54 Å². The van der Waals surface area contributed by atoms with Crippen molar-refractivity contribution in [2.45, 2.75) is 44.8 Å². The van der Waals surface area contributed by atoms with E-state index in [1.807, 2.05) is 6.92 Å². The second-order valence-electron chi connectivity index (χ2n) is 4.47. The van der Waals surface area contributed by atoms with Crippen LogP contribution in [0.4, 0.5) is 4.79 Å². The van der Waals surface area contributed by atoms with E-state index >= 15 is 0 Å². The van der Waals surface area contributed by atoms with E-state index in [0.717, 1.165) is 25.7 Å². The number of hydrogen-bond donors (Lipinski definition) is 2. The van der Waals surface area contributed by atoms with Crippen LogP contribution in [0.2, 0.25) is 0 Å². The number of carbonyl (C=O) groups is 2. The lowest BCUT2D eigenvalue weighted by molar-refractivity contribution is -0.148. The largest absolute Gasteiger partial charge is 0.479 e. The molecule has 1 atom stereocenters. The van der Waals surface area contributed by atoms with Crippen LogP contribution in [0, 0.1) is 0 Å². The molecule has 1 aliphatic rings. The van der Waals surface area contributed by atoms with E-state index in [1.165, 1.54) is 7.11 Å². The molecule has 6 heteroatoms. The van der Waals surface area contributed by atoms with E-state index in [4.69, 9.17) is 9.84 Å². The Hall–Kier alpha value is -1.30. The average Bonchev–Trinajstić information content (AvgIpc) is 2.84. The van der Waals surface area contributed by atoms with Crippen molar-refractivity contribution in [2.24, 2.45) is 0 Å². The summed E-state index contributed by atoms with van der Waals surface area (Å²) in [6.07, 6.45) is 3.40. The SMILES string of the molecule is CCN(C(=O)NCC(OC)C(=O)O)C1CCCC1. The first kappa shape index (κ1) is 14.8. The van der Waals surface area contributed by atoms with Gasteiger partial charge in [0.15, 0.2) is 6.10 Å². The van der Waals surface area contributed by atoms with Gasteiger partial charge in [0.25, 0.3) is 0 Å². The van der Waals surface area contributed by atoms with Crippen molar-refractivity contribution >= 4 is 12.0 Å². The van der Waals surface area contributed by atoms with Crippen molar-refractivity contribution in [3.05, 3.63) is 0 Å². The van der Waals surface area contributed by atoms with Crippen molar-refractivity contribution in [1.29, 1.82) is 0 Å². The van der Waals surface area contributed by atoms with Crippen LogP contribution in [0.5, 0.6) is 0 Å². The monoisotopic (exact) mass is 258 g/mol. The molecule has 0 aromatic rings. The van der Waals surface area contributed by atoms with E-state index in [-0.39, 0.29) is 12.6 Å². The van der Waals surface area contributed by atoms with Gasteiger partial charge in [-0.2, -0.15) is 0 Å². The molecule has 0 aliphatic heterocycles. The van der Waals surface area contributed by atoms with Gasteiger partial charge in [-0.05, 0) is 19.8 Å². The number of aliphatic carboxylic acids is 1. The summed E-state index contributed by atoms with van der Waals surface area (Å²) >= 11 is 0. The van der Waals surface area contributed by atoms with E-state index < -0.39 is 12.1 Å². The van der Waals surface area contributed by atoms with Crippen LogP contribution in [0.3, 0.4) is 0 Å². The molecule has 0 radical (unpaired) electrons. The number of urea groups is 1. The maximum absolute atomic E-state index is 12.0. The van der Waals surface area contributed by atoms with Crippen molar-refractivity contribution in [3.8, 4) is 0 Å². The highest BCUT2D eigenvalue weighted by Gasteiger charge is 2.26. The number of ether oxygens (including phenoxy) is 1. The fourth-order valence-corrected chi connectivity index (χ4v) is 2.34. The number of carboxylic acids is 1. The second kappa shape index (κ2) is 7.20. The second-order valence-corrected chi connectivity index (χ2v) is 4.47. The van der Waals surface area contributed by atoms with Crippen LogP contribution in [-0.4, -0.2) is 54.4 Å². The Morgan fingerprint density at radius 2 is 2.06 bits per heavy atom. The first-order chi connectivity index (χ1) is 8.60. The van der Waals surface area contributed by atoms with Gasteiger partial charge in [0, 0.05) is 19.7 Å². The topological polar surface area (TPSA) is 78.9 Å². The Kier molecular flexibility index (Phi) is 5.91. The molecule has 0 aromatic carbocycles. The van der Waals surface area contributed by atoms with Crippen LogP contribution in [-0.2, 0) is 9.53 Å². The molecule has 1 rings (SSSR count). The Labute approximate surface area is 107 Å². The van der Waals surface area contributed by atoms with Crippen LogP contribution in [0.15, 0.2) is 0 Å². The molecule has 0 spiro atoms. The van der Waals surface area contributed by atoms with Gasteiger partial charge in [-0.15, -0.1) is 0 Å². The number of hydrogen-bond acceptors (Lipinski definition) is 3. The highest BCUT2D eigenvalue weighted by Crippen LogP contribution is 2.23. The lowest BCUT2D eigenvalue weighted by Crippen LogP contribution is -2.48. The fraction of sp³-hybridized carbons (Fsp3) is 0.833. The molecule has 6 nitrogen and oxygen atoms in total. The Bertz CT molecular complexity index is 290. The van der Waals surface area contributed by atoms with Crippen LogP contribution in [0.1, 0.15) is 32.6 Å². The summed E-state index contributed by atoms with van der Waals surface area (Å²) in [6.45, 7) is 2.57. The standard InChI is InChI=1S/C12H22N2O4/c1-3-14(9-6-4-5-7-9)12(17)13-8-10(18-2)11(15)16/h9-10H,3-8H2,1-2H3,(H,13,17)(H,15,16). The zero-order chi connectivity index (χ0) is 13.5. The van der Waals surface area contributed by atoms with Gasteiger partial charge < -0.3 is 20.1 Å². The Balaban J connectivity index is 2.44. The van der Waals surface area contributed by atoms with Crippen LogP contribution in [0.25, 0.3) is 0 Å². The zero-order valence-electron chi connectivity index (χ0n) is 11.0. The Morgan fingerprint density at radius 1 is 1.44 bits per heavy atom. The smallest absolute Gasteiger partial charge is 0.334 e. The highest BCUT2D eigenvalue weighted by molar-refractivity contribution is 5.77. The number of rotatable bonds is 6. The van der Waals surface area contributed by atoms with Crippen LogP contribution >= 0.6 is 0 Å². The summed E-state index contributed by atoms with van der Waals surface area (Å²) in [7, 11) is 1.32. The zero-order valence-corrected chi connectivity index (χ0v) is 11.0. The van der Waals surface area contributed by atoms with Gasteiger partial charge in [-0.3, -0.25) is 0 Å². The minimum atomic E-state index is -1.07. The summed E-state index contributed by atoms with van der Waals surface area (Å²) < 4.78 is 4.77. The number of carboxylic acid groups (broad SMARTS) is 1. The number of methoxy groups -OCH3 is 1. The average molecular weight is 258 g/mol. The van der Waals surface area contributed by atoms with Gasteiger partial charge in [0.2, 0.25) is 0 Å². The molecule has 2 N–H and O–H groups in total. The molecule has 2 amide bonds. The van der Waals surface area contributed by atoms with Gasteiger partial charge in [-0.1, -0.05) is 12.8 Å². The minimum Gasteiger partial charge on any atom is -0.479 e. The van der Waals surface area contributed by atoms with Crippen LogP contribution < -0.4 is 5.32 Å². The minimum absolute atomic E-state index is 0.00606. The third-order valence-electron chi connectivity index (χ3n) is 3.37. The maximum atomic E-state index is 12.0. The fourth-order valence-electron chi connectivity index (χ4n) is 2.34. The molecule has 0 saturated heterocycles. The predicted molar refractivity (Wildman–Crippen MR) is 66.5 cm³/mol. The van der Waals surface area contributed by atoms with Crippen molar-refractivity contribution < 1.29 is 19.4 Å². The molecule has 0 heterocycles. The van der Waals surface area contributed by atoms with Gasteiger partial charge in [0.1, 0.15) is 0 Å². The number of nitrogens with one attached hydrogen (secondary N) is 1. The highest BCUT2D eigenvalue weighted by atomic mass is 16.5. The number of amides is 2. The normalized spacial score (nSPS) is 17.4. The van der Waals surface area contributed by atoms with E-state index in [2.05, 4.69) is 5.32 Å². The molecule has 104 valence electrons. The van der Waals surface area contributed by atoms with Crippen molar-refractivity contribution in [1.82, 2.24) is 10.2 Å². The lowest BCUT2D eigenvalue weighted by Gasteiger charge is -2.28. The summed E-state index contributed by atoms with van der Waals surface area (Å²) in [5, 5.41) is 11.4. The maximum Gasteiger partial charge on any atom is 0.334 e. The molecule has 1 aliphatic carbocycles. The third-order valence-corrected chi connectivity index (χ3v) is 3.37. The number of carbonyl (C=O) groups excluding carboxylic acids is 1. The van der Waals surface area contributed by atoms with Crippen molar-refractivity contribution in [3.63, 3.8) is 0 Å². The molecule has 1 fully saturated rings. The molecule has 18 heavy (non-hydrogen) atoms.